The molecule has 0 aliphatic carbocycles. The average molecular weight is 178 g/mol. The van der Waals surface area contributed by atoms with Gasteiger partial charge < -0.3 is 5.73 Å². The van der Waals surface area contributed by atoms with E-state index < -0.39 is 0 Å². The third-order valence-electron chi connectivity index (χ3n) is 1.39. The van der Waals surface area contributed by atoms with Crippen molar-refractivity contribution in [2.24, 2.45) is 0 Å². The highest BCUT2D eigenvalue weighted by Crippen LogP contribution is 2.20. The van der Waals surface area contributed by atoms with E-state index in [0.29, 0.717) is 5.82 Å². The molecule has 0 unspecified atom stereocenters. The average Bonchev–Trinajstić information content (AvgIpc) is 2.56. The highest BCUT2D eigenvalue weighted by Gasteiger charge is 2.00. The molecule has 0 atom stereocenters. The zero-order valence-electron chi connectivity index (χ0n) is 6.14. The van der Waals surface area contributed by atoms with Crippen LogP contribution in [0.3, 0.4) is 0 Å². The van der Waals surface area contributed by atoms with Gasteiger partial charge in [-0.3, -0.25) is 0 Å². The molecule has 60 valence electrons. The molecular weight excluding hydrogens is 172 g/mol. The minimum atomic E-state index is 0.503. The fraction of sp³-hybridized carbons (Fsp3) is 0. The van der Waals surface area contributed by atoms with E-state index >= 15 is 0 Å². The molecular formula is C7H6N4S. The maximum Gasteiger partial charge on any atom is 0.147 e. The first-order valence-electron chi connectivity index (χ1n) is 3.34. The topological polar surface area (TPSA) is 64.7 Å². The number of nitrogens with zero attached hydrogens (tertiary/aromatic N) is 3. The van der Waals surface area contributed by atoms with Gasteiger partial charge in [0.15, 0.2) is 0 Å². The fourth-order valence-corrected chi connectivity index (χ4v) is 1.43. The smallest absolute Gasteiger partial charge is 0.147 e. The Hall–Kier alpha value is -1.49. The zero-order chi connectivity index (χ0) is 8.39. The molecule has 2 aromatic rings. The Labute approximate surface area is 73.1 Å². The van der Waals surface area contributed by atoms with Crippen LogP contribution in [0.2, 0.25) is 0 Å². The molecule has 0 saturated carbocycles. The minimum Gasteiger partial charge on any atom is -0.384 e. The summed E-state index contributed by atoms with van der Waals surface area (Å²) in [7, 11) is 0. The van der Waals surface area contributed by atoms with Gasteiger partial charge in [-0.1, -0.05) is 11.3 Å². The molecule has 0 bridgehead atoms. The van der Waals surface area contributed by atoms with Crippen molar-refractivity contribution in [1.82, 2.24) is 15.2 Å². The monoisotopic (exact) mass is 178 g/mol. The quantitative estimate of drug-likeness (QED) is 0.712. The van der Waals surface area contributed by atoms with Crippen molar-refractivity contribution in [3.63, 3.8) is 0 Å². The van der Waals surface area contributed by atoms with Gasteiger partial charge in [0.1, 0.15) is 16.3 Å². The van der Waals surface area contributed by atoms with Gasteiger partial charge in [-0.2, -0.15) is 0 Å². The second kappa shape index (κ2) is 2.86. The lowest BCUT2D eigenvalue weighted by Crippen LogP contribution is -1.88. The van der Waals surface area contributed by atoms with Crippen LogP contribution in [0.5, 0.6) is 0 Å². The molecule has 2 aromatic heterocycles. The van der Waals surface area contributed by atoms with Crippen LogP contribution in [-0.2, 0) is 0 Å². The van der Waals surface area contributed by atoms with E-state index in [-0.39, 0.29) is 0 Å². The van der Waals surface area contributed by atoms with Gasteiger partial charge in [-0.15, -0.1) is 10.2 Å². The van der Waals surface area contributed by atoms with Gasteiger partial charge in [0.05, 0.1) is 0 Å². The SMILES string of the molecule is Nc1cc(-c2nncs2)ccn1. The van der Waals surface area contributed by atoms with Crippen LogP contribution in [0, 0.1) is 0 Å². The van der Waals surface area contributed by atoms with Gasteiger partial charge in [-0.05, 0) is 12.1 Å². The fourth-order valence-electron chi connectivity index (χ4n) is 0.880. The van der Waals surface area contributed by atoms with Crippen LogP contribution >= 0.6 is 11.3 Å². The van der Waals surface area contributed by atoms with Crippen molar-refractivity contribution < 1.29 is 0 Å². The molecule has 2 N–H and O–H groups in total. The van der Waals surface area contributed by atoms with Gasteiger partial charge in [0.25, 0.3) is 0 Å². The van der Waals surface area contributed by atoms with Crippen LogP contribution in [0.4, 0.5) is 5.82 Å². The van der Waals surface area contributed by atoms with E-state index in [9.17, 15) is 0 Å². The molecule has 0 aliphatic heterocycles. The van der Waals surface area contributed by atoms with E-state index in [0.717, 1.165) is 10.6 Å². The molecule has 0 fully saturated rings. The maximum absolute atomic E-state index is 5.51. The lowest BCUT2D eigenvalue weighted by atomic mass is 10.3. The van der Waals surface area contributed by atoms with Gasteiger partial charge >= 0.3 is 0 Å². The van der Waals surface area contributed by atoms with Crippen LogP contribution < -0.4 is 5.73 Å². The summed E-state index contributed by atoms with van der Waals surface area (Å²) < 4.78 is 0. The number of rotatable bonds is 1. The number of nitrogen functional groups attached to an aromatic ring is 1. The van der Waals surface area contributed by atoms with Crippen molar-refractivity contribution in [2.75, 3.05) is 5.73 Å². The molecule has 0 aromatic carbocycles. The summed E-state index contributed by atoms with van der Waals surface area (Å²) in [5.74, 6) is 0.503. The van der Waals surface area contributed by atoms with Gasteiger partial charge in [-0.25, -0.2) is 4.98 Å². The Morgan fingerprint density at radius 1 is 1.42 bits per heavy atom. The largest absolute Gasteiger partial charge is 0.384 e. The predicted molar refractivity (Wildman–Crippen MR) is 47.6 cm³/mol. The first-order chi connectivity index (χ1) is 5.86. The number of pyridine rings is 1. The molecule has 0 amide bonds. The Bertz CT molecular complexity index is 371. The Kier molecular flexibility index (Phi) is 1.71. The molecule has 12 heavy (non-hydrogen) atoms. The number of aromatic nitrogens is 3. The van der Waals surface area contributed by atoms with E-state index in [4.69, 9.17) is 5.73 Å². The van der Waals surface area contributed by atoms with Crippen molar-refractivity contribution in [2.45, 2.75) is 0 Å². The van der Waals surface area contributed by atoms with Crippen LogP contribution in [0.1, 0.15) is 0 Å². The molecule has 0 saturated heterocycles. The van der Waals surface area contributed by atoms with E-state index in [1.54, 1.807) is 17.8 Å². The summed E-state index contributed by atoms with van der Waals surface area (Å²) >= 11 is 1.48. The molecule has 0 radical (unpaired) electrons. The van der Waals surface area contributed by atoms with Crippen LogP contribution in [0.25, 0.3) is 10.6 Å². The Morgan fingerprint density at radius 3 is 3.00 bits per heavy atom. The molecule has 4 nitrogen and oxygen atoms in total. The number of hydrogen-bond donors (Lipinski definition) is 1. The normalized spacial score (nSPS) is 10.0. The van der Waals surface area contributed by atoms with Crippen molar-refractivity contribution >= 4 is 17.2 Å². The summed E-state index contributed by atoms with van der Waals surface area (Å²) in [6, 6.07) is 3.64. The second-order valence-electron chi connectivity index (χ2n) is 2.21. The van der Waals surface area contributed by atoms with E-state index in [2.05, 4.69) is 15.2 Å². The standard InChI is InChI=1S/C7H6N4S/c8-6-3-5(1-2-9-6)7-11-10-4-12-7/h1-4H,(H2,8,9). The zero-order valence-corrected chi connectivity index (χ0v) is 6.95. The first kappa shape index (κ1) is 7.17. The van der Waals surface area contributed by atoms with Crippen molar-refractivity contribution in [3.05, 3.63) is 23.8 Å². The van der Waals surface area contributed by atoms with Crippen molar-refractivity contribution in [3.8, 4) is 10.6 Å². The van der Waals surface area contributed by atoms with Crippen LogP contribution in [-0.4, -0.2) is 15.2 Å². The van der Waals surface area contributed by atoms with Gasteiger partial charge in [0, 0.05) is 11.8 Å². The highest BCUT2D eigenvalue weighted by molar-refractivity contribution is 7.12. The number of hydrogen-bond acceptors (Lipinski definition) is 5. The molecule has 0 spiro atoms. The third kappa shape index (κ3) is 1.26. The summed E-state index contributed by atoms with van der Waals surface area (Å²) in [6.07, 6.45) is 1.66. The van der Waals surface area contributed by atoms with Gasteiger partial charge in [0.2, 0.25) is 0 Å². The summed E-state index contributed by atoms with van der Waals surface area (Å²) in [5.41, 5.74) is 8.16. The maximum atomic E-state index is 5.51. The number of anilines is 1. The first-order valence-corrected chi connectivity index (χ1v) is 4.22. The Balaban J connectivity index is 2.48. The van der Waals surface area contributed by atoms with Crippen LogP contribution in [0.15, 0.2) is 23.8 Å². The minimum absolute atomic E-state index is 0.503. The lowest BCUT2D eigenvalue weighted by Gasteiger charge is -1.94. The van der Waals surface area contributed by atoms with Crippen molar-refractivity contribution in [1.29, 1.82) is 0 Å². The van der Waals surface area contributed by atoms with E-state index in [1.807, 2.05) is 6.07 Å². The number of nitrogens with two attached hydrogens (primary N) is 1. The summed E-state index contributed by atoms with van der Waals surface area (Å²) in [4.78, 5) is 3.88. The Morgan fingerprint density at radius 2 is 2.33 bits per heavy atom. The lowest BCUT2D eigenvalue weighted by molar-refractivity contribution is 1.09. The van der Waals surface area contributed by atoms with E-state index in [1.165, 1.54) is 11.3 Å². The molecule has 2 heterocycles. The molecule has 5 heteroatoms. The molecule has 2 rings (SSSR count). The second-order valence-corrected chi connectivity index (χ2v) is 3.05. The summed E-state index contributed by atoms with van der Waals surface area (Å²) in [6.45, 7) is 0. The highest BCUT2D eigenvalue weighted by atomic mass is 32.1. The molecule has 0 aliphatic rings. The predicted octanol–water partition coefficient (Wildman–Crippen LogP) is 1.18. The third-order valence-corrected chi connectivity index (χ3v) is 2.13. The summed E-state index contributed by atoms with van der Waals surface area (Å²) in [5, 5.41) is 8.51.